The van der Waals surface area contributed by atoms with Gasteiger partial charge in [0.15, 0.2) is 0 Å². The van der Waals surface area contributed by atoms with E-state index in [0.717, 1.165) is 23.6 Å². The molecule has 1 aromatic heterocycles. The number of methoxy groups -OCH3 is 1. The molecule has 1 aromatic carbocycles. The predicted octanol–water partition coefficient (Wildman–Crippen LogP) is 4.78. The fraction of sp³-hybridized carbons (Fsp3) is 0.600. The summed E-state index contributed by atoms with van der Waals surface area (Å²) in [4.78, 5) is 82.1. The maximum atomic E-state index is 14.7. The van der Waals surface area contributed by atoms with Crippen LogP contribution in [0, 0.1) is 11.3 Å². The normalized spacial score (nSPS) is 14.8. The molecule has 4 atom stereocenters. The summed E-state index contributed by atoms with van der Waals surface area (Å²) in [6, 6.07) is 3.37. The molecule has 0 saturated carbocycles. The smallest absolute Gasteiger partial charge is 0.410 e. The van der Waals surface area contributed by atoms with Crippen LogP contribution in [0.4, 0.5) is 4.79 Å². The van der Waals surface area contributed by atoms with Crippen molar-refractivity contribution >= 4 is 46.7 Å². The first-order valence-corrected chi connectivity index (χ1v) is 18.0. The molecule has 4 amide bonds. The highest BCUT2D eigenvalue weighted by molar-refractivity contribution is 5.97. The number of carboxylic acids is 1. The molecule has 1 heterocycles. The number of aliphatic carboxylic acids is 1. The van der Waals surface area contributed by atoms with Crippen molar-refractivity contribution < 1.29 is 43.3 Å². The van der Waals surface area contributed by atoms with Crippen LogP contribution in [0.5, 0.6) is 0 Å². The Morgan fingerprint density at radius 3 is 2.00 bits per heavy atom. The van der Waals surface area contributed by atoms with Gasteiger partial charge in [-0.3, -0.25) is 24.1 Å². The number of hydrogen-bond donors (Lipinski definition) is 3. The summed E-state index contributed by atoms with van der Waals surface area (Å²) < 4.78 is 12.2. The van der Waals surface area contributed by atoms with Crippen LogP contribution >= 0.6 is 0 Å². The molecular weight excluding hydrogens is 694 g/mol. The highest BCUT2D eigenvalue weighted by Crippen LogP contribution is 2.37. The molecule has 300 valence electrons. The van der Waals surface area contributed by atoms with E-state index in [0.29, 0.717) is 0 Å². The number of nitrogens with one attached hydrogen (secondary N) is 2. The highest BCUT2D eigenvalue weighted by atomic mass is 16.6. The number of benzene rings is 1. The van der Waals surface area contributed by atoms with E-state index in [4.69, 9.17) is 4.74 Å². The fourth-order valence-corrected chi connectivity index (χ4v) is 6.46. The zero-order valence-corrected chi connectivity index (χ0v) is 34.6. The van der Waals surface area contributed by atoms with Gasteiger partial charge in [0.05, 0.1) is 19.6 Å². The van der Waals surface area contributed by atoms with Crippen LogP contribution in [0.3, 0.4) is 0 Å². The molecule has 14 heteroatoms. The lowest BCUT2D eigenvalue weighted by molar-refractivity contribution is -0.148. The van der Waals surface area contributed by atoms with Crippen LogP contribution in [0.2, 0.25) is 0 Å². The second-order valence-electron chi connectivity index (χ2n) is 16.9. The van der Waals surface area contributed by atoms with Gasteiger partial charge in [0.1, 0.15) is 23.7 Å². The minimum absolute atomic E-state index is 0.122. The third-order valence-electron chi connectivity index (χ3n) is 9.45. The second-order valence-corrected chi connectivity index (χ2v) is 16.9. The SMILES string of the molecule is COC(=O)C[C@H](NC(=O)/C(C)=C/[C@H](C(C)C)N(C)C(=O)C(NC(=O)[C@@H](N(C)C(=O)OC(C)(C)C)C(C)(C)c1cn(C)c2ccccc12)C(C)(C)C)C(=O)O. The fourth-order valence-electron chi connectivity index (χ4n) is 6.46. The van der Waals surface area contributed by atoms with E-state index in [9.17, 15) is 33.9 Å². The van der Waals surface area contributed by atoms with Gasteiger partial charge < -0.3 is 34.7 Å². The number of fused-ring (bicyclic) bond motifs is 1. The molecule has 2 rings (SSSR count). The van der Waals surface area contributed by atoms with Crippen LogP contribution in [-0.4, -0.2) is 106 Å². The lowest BCUT2D eigenvalue weighted by Crippen LogP contribution is -2.63. The number of hydrogen-bond acceptors (Lipinski definition) is 8. The van der Waals surface area contributed by atoms with Crippen molar-refractivity contribution in [1.82, 2.24) is 25.0 Å². The summed E-state index contributed by atoms with van der Waals surface area (Å²) in [6.07, 6.45) is 2.23. The highest BCUT2D eigenvalue weighted by Gasteiger charge is 2.47. The van der Waals surface area contributed by atoms with E-state index in [1.54, 1.807) is 33.9 Å². The zero-order chi connectivity index (χ0) is 41.7. The van der Waals surface area contributed by atoms with Crippen LogP contribution < -0.4 is 10.6 Å². The molecule has 0 bridgehead atoms. The van der Waals surface area contributed by atoms with E-state index in [-0.39, 0.29) is 11.5 Å². The molecule has 3 N–H and O–H groups in total. The second kappa shape index (κ2) is 17.5. The van der Waals surface area contributed by atoms with Crippen molar-refractivity contribution in [3.05, 3.63) is 47.7 Å². The molecule has 54 heavy (non-hydrogen) atoms. The van der Waals surface area contributed by atoms with Gasteiger partial charge in [0, 0.05) is 49.2 Å². The Labute approximate surface area is 319 Å². The first kappa shape index (κ1) is 45.3. The van der Waals surface area contributed by atoms with Crippen molar-refractivity contribution in [2.24, 2.45) is 18.4 Å². The van der Waals surface area contributed by atoms with Gasteiger partial charge in [0.25, 0.3) is 0 Å². The van der Waals surface area contributed by atoms with E-state index in [1.807, 2.05) is 90.5 Å². The van der Waals surface area contributed by atoms with Crippen LogP contribution in [0.1, 0.15) is 88.1 Å². The number of aryl methyl sites for hydroxylation is 1. The number of nitrogens with zero attached hydrogens (tertiary/aromatic N) is 3. The van der Waals surface area contributed by atoms with Crippen molar-refractivity contribution in [3.8, 4) is 0 Å². The van der Waals surface area contributed by atoms with Crippen molar-refractivity contribution in [2.45, 2.75) is 118 Å². The number of likely N-dealkylation sites (N-methyl/N-ethyl adjacent to an activating group) is 2. The molecule has 0 aliphatic carbocycles. The predicted molar refractivity (Wildman–Crippen MR) is 206 cm³/mol. The van der Waals surface area contributed by atoms with E-state index in [2.05, 4.69) is 15.4 Å². The third-order valence-corrected chi connectivity index (χ3v) is 9.45. The molecule has 0 aliphatic heterocycles. The largest absolute Gasteiger partial charge is 0.480 e. The molecule has 0 spiro atoms. The Balaban J connectivity index is 2.58. The van der Waals surface area contributed by atoms with Gasteiger partial charge in [-0.2, -0.15) is 0 Å². The Morgan fingerprint density at radius 1 is 0.926 bits per heavy atom. The van der Waals surface area contributed by atoms with Crippen molar-refractivity contribution in [3.63, 3.8) is 0 Å². The molecule has 14 nitrogen and oxygen atoms in total. The summed E-state index contributed by atoms with van der Waals surface area (Å²) >= 11 is 0. The van der Waals surface area contributed by atoms with E-state index in [1.165, 1.54) is 23.8 Å². The van der Waals surface area contributed by atoms with Gasteiger partial charge in [-0.1, -0.05) is 72.7 Å². The number of aromatic nitrogens is 1. The summed E-state index contributed by atoms with van der Waals surface area (Å²) in [5.41, 5.74) is -0.766. The first-order valence-electron chi connectivity index (χ1n) is 18.0. The minimum Gasteiger partial charge on any atom is -0.480 e. The average Bonchev–Trinajstić information content (AvgIpc) is 3.40. The summed E-state index contributed by atoms with van der Waals surface area (Å²) in [7, 11) is 6.11. The lowest BCUT2D eigenvalue weighted by atomic mass is 9.76. The number of ether oxygens (including phenoxy) is 2. The van der Waals surface area contributed by atoms with Gasteiger partial charge in [0.2, 0.25) is 17.7 Å². The van der Waals surface area contributed by atoms with E-state index >= 15 is 0 Å². The van der Waals surface area contributed by atoms with E-state index < -0.39 is 82.8 Å². The van der Waals surface area contributed by atoms with Gasteiger partial charge in [-0.15, -0.1) is 0 Å². The number of carbonyl (C=O) groups is 6. The molecule has 0 radical (unpaired) electrons. The Morgan fingerprint density at radius 2 is 1.50 bits per heavy atom. The van der Waals surface area contributed by atoms with Crippen LogP contribution in [0.25, 0.3) is 10.9 Å². The van der Waals surface area contributed by atoms with Crippen molar-refractivity contribution in [1.29, 1.82) is 0 Å². The van der Waals surface area contributed by atoms with Crippen LogP contribution in [-0.2, 0) is 45.9 Å². The molecule has 2 aromatic rings. The lowest BCUT2D eigenvalue weighted by Gasteiger charge is -2.42. The topological polar surface area (TPSA) is 177 Å². The van der Waals surface area contributed by atoms with Gasteiger partial charge in [-0.05, 0) is 50.7 Å². The number of para-hydroxylation sites is 1. The Bertz CT molecular complexity index is 1750. The standard InChI is InChI=1S/C40H61N5O9/c1-23(2)29(20-24(3)33(47)41-27(36(50)51)21-30(46)53-15)44(13)35(49)31(38(4,5)6)42-34(48)32(45(14)37(52)54-39(7,8)9)40(10,11)26-22-43(12)28-19-17-16-18-25(26)28/h16-20,22-23,27,29,31-32H,21H2,1-15H3,(H,41,47)(H,42,48)(H,50,51)/b24-20+/t27-,29+,31?,32+/m0/s1. The Hall–Kier alpha value is -4.88. The maximum Gasteiger partial charge on any atom is 0.410 e. The van der Waals surface area contributed by atoms with Gasteiger partial charge in [-0.25, -0.2) is 9.59 Å². The van der Waals surface area contributed by atoms with Gasteiger partial charge >= 0.3 is 18.0 Å². The number of carbonyl (C=O) groups excluding carboxylic acids is 5. The maximum absolute atomic E-state index is 14.7. The number of amides is 4. The third kappa shape index (κ3) is 11.1. The molecule has 1 unspecified atom stereocenters. The number of carboxylic acid groups (broad SMARTS) is 1. The zero-order valence-electron chi connectivity index (χ0n) is 34.6. The minimum atomic E-state index is -1.52. The first-order chi connectivity index (χ1) is 24.6. The molecule has 0 fully saturated rings. The molecule has 0 aliphatic rings. The summed E-state index contributed by atoms with van der Waals surface area (Å²) in [5, 5.41) is 15.8. The summed E-state index contributed by atoms with van der Waals surface area (Å²) in [5.74, 6) is -4.18. The Kier molecular flexibility index (Phi) is 14.7. The summed E-state index contributed by atoms with van der Waals surface area (Å²) in [6.45, 7) is 19.6. The van der Waals surface area contributed by atoms with Crippen molar-refractivity contribution in [2.75, 3.05) is 21.2 Å². The molecule has 0 saturated heterocycles. The quantitative estimate of drug-likeness (QED) is 0.181. The number of rotatable bonds is 14. The monoisotopic (exact) mass is 755 g/mol. The average molecular weight is 756 g/mol. The van der Waals surface area contributed by atoms with Crippen LogP contribution in [0.15, 0.2) is 42.1 Å². The molecular formula is C40H61N5O9. The number of esters is 1.